The molecule has 0 bridgehead atoms. The van der Waals surface area contributed by atoms with E-state index in [-0.39, 0.29) is 11.7 Å². The first-order valence-corrected chi connectivity index (χ1v) is 12.1. The van der Waals surface area contributed by atoms with Crippen molar-refractivity contribution in [1.82, 2.24) is 5.01 Å². The van der Waals surface area contributed by atoms with Gasteiger partial charge in [0.2, 0.25) is 0 Å². The molecule has 0 radical (unpaired) electrons. The first kappa shape index (κ1) is 22.5. The summed E-state index contributed by atoms with van der Waals surface area (Å²) >= 11 is 1.43. The summed E-state index contributed by atoms with van der Waals surface area (Å²) in [6.07, 6.45) is 2.38. The van der Waals surface area contributed by atoms with Gasteiger partial charge in [-0.3, -0.25) is 4.79 Å². The fraction of sp³-hybridized carbons (Fsp3) is 0.259. The predicted molar refractivity (Wildman–Crippen MR) is 132 cm³/mol. The number of benzene rings is 3. The molecule has 2 aliphatic rings. The topological polar surface area (TPSA) is 51.1 Å². The maximum atomic E-state index is 13.7. The standard InChI is InChI=1S/C27H25FN2O3S/c1-17-6-3-4-7-21(17)26(31)30-27(34-25(29-30)19-12-14-20(28)15-13-19)22-8-5-9-23(24(22)32-2)33-16-18-10-11-18/h3-9,12-15,18,27H,10-11,16H2,1-2H3. The molecule has 0 spiro atoms. The lowest BCUT2D eigenvalue weighted by Gasteiger charge is -2.24. The molecule has 1 fully saturated rings. The number of methoxy groups -OCH3 is 1. The van der Waals surface area contributed by atoms with Crippen LogP contribution in [0.25, 0.3) is 0 Å². The first-order chi connectivity index (χ1) is 16.5. The molecule has 5 nitrogen and oxygen atoms in total. The first-order valence-electron chi connectivity index (χ1n) is 11.2. The van der Waals surface area contributed by atoms with Crippen molar-refractivity contribution >= 4 is 22.7 Å². The lowest BCUT2D eigenvalue weighted by Crippen LogP contribution is -2.27. The molecular weight excluding hydrogens is 451 g/mol. The van der Waals surface area contributed by atoms with Crippen molar-refractivity contribution in [3.8, 4) is 11.5 Å². The van der Waals surface area contributed by atoms with Crippen molar-refractivity contribution in [2.24, 2.45) is 11.0 Å². The quantitative estimate of drug-likeness (QED) is 0.409. The molecule has 5 rings (SSSR count). The summed E-state index contributed by atoms with van der Waals surface area (Å²) in [5.41, 5.74) is 2.99. The van der Waals surface area contributed by atoms with Crippen molar-refractivity contribution in [1.29, 1.82) is 0 Å². The van der Waals surface area contributed by atoms with E-state index in [0.29, 0.717) is 34.6 Å². The molecule has 0 N–H and O–H groups in total. The molecule has 3 aromatic carbocycles. The highest BCUT2D eigenvalue weighted by Gasteiger charge is 2.37. The number of rotatable bonds is 7. The molecule has 1 atom stereocenters. The zero-order valence-electron chi connectivity index (χ0n) is 19.0. The van der Waals surface area contributed by atoms with E-state index in [4.69, 9.17) is 14.6 Å². The van der Waals surface area contributed by atoms with Crippen LogP contribution < -0.4 is 9.47 Å². The lowest BCUT2D eigenvalue weighted by molar-refractivity contribution is 0.0747. The van der Waals surface area contributed by atoms with E-state index in [9.17, 15) is 9.18 Å². The molecule has 174 valence electrons. The Labute approximate surface area is 202 Å². The summed E-state index contributed by atoms with van der Waals surface area (Å²) in [6.45, 7) is 2.56. The maximum absolute atomic E-state index is 13.7. The van der Waals surface area contributed by atoms with Gasteiger partial charge in [-0.2, -0.15) is 5.10 Å². The van der Waals surface area contributed by atoms with Gasteiger partial charge in [0.05, 0.1) is 13.7 Å². The second-order valence-electron chi connectivity index (χ2n) is 8.48. The SMILES string of the molecule is COc1c(OCC2CC2)cccc1C1SC(c2ccc(F)cc2)=NN1C(=O)c1ccccc1C. The zero-order chi connectivity index (χ0) is 23.7. The molecule has 1 saturated carbocycles. The van der Waals surface area contributed by atoms with Crippen molar-refractivity contribution < 1.29 is 18.7 Å². The van der Waals surface area contributed by atoms with Crippen LogP contribution >= 0.6 is 11.8 Å². The number of aryl methyl sites for hydroxylation is 1. The van der Waals surface area contributed by atoms with Crippen LogP contribution in [-0.4, -0.2) is 29.7 Å². The van der Waals surface area contributed by atoms with E-state index in [1.165, 1.54) is 41.7 Å². The number of carbonyl (C=O) groups excluding carboxylic acids is 1. The van der Waals surface area contributed by atoms with Crippen LogP contribution in [0.4, 0.5) is 4.39 Å². The molecular formula is C27H25FN2O3S. The van der Waals surface area contributed by atoms with E-state index in [1.54, 1.807) is 25.3 Å². The van der Waals surface area contributed by atoms with Crippen LogP contribution in [-0.2, 0) is 0 Å². The molecule has 1 aliphatic carbocycles. The minimum absolute atomic E-state index is 0.209. The smallest absolute Gasteiger partial charge is 0.275 e. The Balaban J connectivity index is 1.54. The zero-order valence-corrected chi connectivity index (χ0v) is 19.8. The van der Waals surface area contributed by atoms with Gasteiger partial charge in [0.25, 0.3) is 5.91 Å². The lowest BCUT2D eigenvalue weighted by atomic mass is 10.1. The van der Waals surface area contributed by atoms with Gasteiger partial charge < -0.3 is 9.47 Å². The van der Waals surface area contributed by atoms with Crippen molar-refractivity contribution in [3.05, 3.63) is 94.8 Å². The van der Waals surface area contributed by atoms with E-state index in [1.807, 2.05) is 43.3 Å². The number of hydrogen-bond acceptors (Lipinski definition) is 5. The highest BCUT2D eigenvalue weighted by molar-refractivity contribution is 8.14. The van der Waals surface area contributed by atoms with Gasteiger partial charge in [-0.25, -0.2) is 9.40 Å². The Morgan fingerprint density at radius 1 is 1.09 bits per heavy atom. The van der Waals surface area contributed by atoms with Crippen LogP contribution in [0.3, 0.4) is 0 Å². The summed E-state index contributed by atoms with van der Waals surface area (Å²) in [7, 11) is 1.61. The molecule has 1 heterocycles. The van der Waals surface area contributed by atoms with E-state index in [0.717, 1.165) is 16.7 Å². The Bertz CT molecular complexity index is 1240. The van der Waals surface area contributed by atoms with Gasteiger partial charge in [-0.1, -0.05) is 42.1 Å². The Morgan fingerprint density at radius 2 is 1.85 bits per heavy atom. The normalized spacial score (nSPS) is 17.4. The molecule has 0 aromatic heterocycles. The van der Waals surface area contributed by atoms with Gasteiger partial charge in [0, 0.05) is 16.7 Å². The van der Waals surface area contributed by atoms with Crippen LogP contribution in [0.5, 0.6) is 11.5 Å². The van der Waals surface area contributed by atoms with Gasteiger partial charge in [0.1, 0.15) is 16.2 Å². The van der Waals surface area contributed by atoms with Gasteiger partial charge >= 0.3 is 0 Å². The number of ether oxygens (including phenoxy) is 2. The Kier molecular flexibility index (Phi) is 6.28. The molecule has 0 saturated heterocycles. The number of thioether (sulfide) groups is 1. The average molecular weight is 477 g/mol. The second kappa shape index (κ2) is 9.50. The summed E-state index contributed by atoms with van der Waals surface area (Å²) in [6, 6.07) is 19.3. The number of halogens is 1. The number of hydrogen-bond donors (Lipinski definition) is 0. The second-order valence-corrected chi connectivity index (χ2v) is 9.55. The number of para-hydroxylation sites is 1. The van der Waals surface area contributed by atoms with Gasteiger partial charge in [-0.15, -0.1) is 0 Å². The van der Waals surface area contributed by atoms with E-state index < -0.39 is 5.37 Å². The predicted octanol–water partition coefficient (Wildman–Crippen LogP) is 6.18. The van der Waals surface area contributed by atoms with Gasteiger partial charge in [-0.05, 0) is 67.6 Å². The largest absolute Gasteiger partial charge is 0.492 e. The molecule has 1 unspecified atom stereocenters. The molecule has 1 aliphatic heterocycles. The van der Waals surface area contributed by atoms with Crippen LogP contribution in [0.15, 0.2) is 71.8 Å². The summed E-state index contributed by atoms with van der Waals surface area (Å²) < 4.78 is 25.4. The highest BCUT2D eigenvalue weighted by atomic mass is 32.2. The third kappa shape index (κ3) is 4.53. The average Bonchev–Trinajstić information content (AvgIpc) is 3.58. The van der Waals surface area contributed by atoms with Crippen LogP contribution in [0.2, 0.25) is 0 Å². The maximum Gasteiger partial charge on any atom is 0.275 e. The van der Waals surface area contributed by atoms with Crippen LogP contribution in [0, 0.1) is 18.7 Å². The van der Waals surface area contributed by atoms with Gasteiger partial charge in [0.15, 0.2) is 11.5 Å². The minimum atomic E-state index is -0.466. The monoisotopic (exact) mass is 476 g/mol. The summed E-state index contributed by atoms with van der Waals surface area (Å²) in [5.74, 6) is 1.32. The molecule has 7 heteroatoms. The van der Waals surface area contributed by atoms with E-state index in [2.05, 4.69) is 0 Å². The number of hydrazone groups is 1. The molecule has 34 heavy (non-hydrogen) atoms. The summed E-state index contributed by atoms with van der Waals surface area (Å²) in [4.78, 5) is 13.7. The van der Waals surface area contributed by atoms with Crippen molar-refractivity contribution in [2.75, 3.05) is 13.7 Å². The third-order valence-electron chi connectivity index (χ3n) is 5.97. The number of nitrogens with zero attached hydrogens (tertiary/aromatic N) is 2. The Morgan fingerprint density at radius 3 is 2.56 bits per heavy atom. The Hall–Kier alpha value is -3.32. The summed E-state index contributed by atoms with van der Waals surface area (Å²) in [5, 5.41) is 6.36. The van der Waals surface area contributed by atoms with Crippen LogP contribution in [0.1, 0.15) is 45.3 Å². The molecule has 3 aromatic rings. The van der Waals surface area contributed by atoms with Crippen molar-refractivity contribution in [2.45, 2.75) is 25.1 Å². The minimum Gasteiger partial charge on any atom is -0.492 e. The van der Waals surface area contributed by atoms with E-state index >= 15 is 0 Å². The fourth-order valence-electron chi connectivity index (χ4n) is 3.88. The van der Waals surface area contributed by atoms with Crippen molar-refractivity contribution in [3.63, 3.8) is 0 Å². The highest BCUT2D eigenvalue weighted by Crippen LogP contribution is 2.48. The third-order valence-corrected chi connectivity index (χ3v) is 7.19. The fourth-order valence-corrected chi connectivity index (χ4v) is 5.06. The molecule has 1 amide bonds. The number of carbonyl (C=O) groups is 1. The number of amides is 1.